The molecule has 0 aromatic heterocycles. The van der Waals surface area contributed by atoms with Gasteiger partial charge < -0.3 is 5.32 Å². The molecule has 1 atom stereocenters. The number of rotatable bonds is 3. The molecule has 0 aromatic rings. The number of allylic oxidation sites excluding steroid dienone is 1. The van der Waals surface area contributed by atoms with Crippen molar-refractivity contribution in [3.05, 3.63) is 9.66 Å². The minimum absolute atomic E-state index is 0.00287. The van der Waals surface area contributed by atoms with Gasteiger partial charge in [0.25, 0.3) is 0 Å². The Bertz CT molecular complexity index is 183. The average molecular weight is 281 g/mol. The summed E-state index contributed by atoms with van der Waals surface area (Å²) in [6, 6.07) is 0.240. The van der Waals surface area contributed by atoms with Gasteiger partial charge in [0.1, 0.15) is 0 Å². The third kappa shape index (κ3) is 5.57. The lowest BCUT2D eigenvalue weighted by Crippen LogP contribution is -2.34. The van der Waals surface area contributed by atoms with E-state index in [2.05, 4.69) is 41.8 Å². The summed E-state index contributed by atoms with van der Waals surface area (Å²) in [5, 5.41) is 2.89. The van der Waals surface area contributed by atoms with Crippen LogP contribution in [0.3, 0.4) is 0 Å². The molecule has 3 heteroatoms. The predicted molar refractivity (Wildman–Crippen MR) is 60.2 cm³/mol. The van der Waals surface area contributed by atoms with Gasteiger partial charge in [-0.2, -0.15) is 0 Å². The summed E-state index contributed by atoms with van der Waals surface area (Å²) in [5.74, 6) is 0.486. The van der Waals surface area contributed by atoms with E-state index in [1.54, 1.807) is 6.08 Å². The lowest BCUT2D eigenvalue weighted by molar-refractivity contribution is -0.117. The number of hydrogen-bond donors (Lipinski definition) is 1. The fourth-order valence-electron chi connectivity index (χ4n) is 0.613. The molecular weight excluding hydrogens is 265 g/mol. The second-order valence-electron chi connectivity index (χ2n) is 3.27. The third-order valence-electron chi connectivity index (χ3n) is 1.70. The highest BCUT2D eigenvalue weighted by molar-refractivity contribution is 14.1. The van der Waals surface area contributed by atoms with E-state index in [1.807, 2.05) is 13.8 Å². The van der Waals surface area contributed by atoms with Crippen molar-refractivity contribution in [3.8, 4) is 0 Å². The molecule has 0 saturated heterocycles. The van der Waals surface area contributed by atoms with E-state index in [-0.39, 0.29) is 11.9 Å². The maximum atomic E-state index is 11.2. The Balaban J connectivity index is 3.94. The fourth-order valence-corrected chi connectivity index (χ4v) is 0.896. The first-order valence-corrected chi connectivity index (χ1v) is 5.15. The first-order chi connectivity index (χ1) is 5.43. The Morgan fingerprint density at radius 1 is 1.42 bits per heavy atom. The van der Waals surface area contributed by atoms with Gasteiger partial charge >= 0.3 is 0 Å². The maximum absolute atomic E-state index is 11.2. The zero-order valence-corrected chi connectivity index (χ0v) is 10.2. The van der Waals surface area contributed by atoms with Crippen LogP contribution in [0.15, 0.2) is 9.66 Å². The first kappa shape index (κ1) is 11.9. The quantitative estimate of drug-likeness (QED) is 0.625. The number of hydrogen-bond acceptors (Lipinski definition) is 1. The van der Waals surface area contributed by atoms with Crippen molar-refractivity contribution in [2.45, 2.75) is 33.7 Å². The zero-order chi connectivity index (χ0) is 9.72. The summed E-state index contributed by atoms with van der Waals surface area (Å²) in [4.78, 5) is 11.2. The molecule has 0 bridgehead atoms. The van der Waals surface area contributed by atoms with E-state index in [4.69, 9.17) is 0 Å². The normalized spacial score (nSPS) is 14.7. The van der Waals surface area contributed by atoms with E-state index >= 15 is 0 Å². The maximum Gasteiger partial charge on any atom is 0.244 e. The van der Waals surface area contributed by atoms with Crippen LogP contribution in [0.25, 0.3) is 0 Å². The number of carbonyl (C=O) groups excluding carboxylic acids is 1. The fraction of sp³-hybridized carbons (Fsp3) is 0.667. The summed E-state index contributed by atoms with van der Waals surface area (Å²) >= 11 is 2.12. The molecule has 70 valence electrons. The van der Waals surface area contributed by atoms with Crippen molar-refractivity contribution in [2.24, 2.45) is 5.92 Å². The average Bonchev–Trinajstić information content (AvgIpc) is 1.84. The highest BCUT2D eigenvalue weighted by Gasteiger charge is 2.08. The van der Waals surface area contributed by atoms with Crippen LogP contribution in [-0.2, 0) is 4.79 Å². The van der Waals surface area contributed by atoms with Gasteiger partial charge in [-0.15, -0.1) is 0 Å². The van der Waals surface area contributed by atoms with Crippen LogP contribution in [-0.4, -0.2) is 11.9 Å². The second kappa shape index (κ2) is 5.56. The molecule has 1 amide bonds. The van der Waals surface area contributed by atoms with Crippen molar-refractivity contribution < 1.29 is 4.79 Å². The molecule has 0 rings (SSSR count). The van der Waals surface area contributed by atoms with Gasteiger partial charge in [-0.05, 0) is 45.9 Å². The van der Waals surface area contributed by atoms with E-state index in [0.717, 1.165) is 3.58 Å². The van der Waals surface area contributed by atoms with E-state index in [1.165, 1.54) is 0 Å². The van der Waals surface area contributed by atoms with Crippen LogP contribution < -0.4 is 5.32 Å². The number of halogens is 1. The van der Waals surface area contributed by atoms with Crippen LogP contribution in [0, 0.1) is 5.92 Å². The summed E-state index contributed by atoms with van der Waals surface area (Å²) in [7, 11) is 0. The topological polar surface area (TPSA) is 29.1 Å². The Morgan fingerprint density at radius 2 is 1.92 bits per heavy atom. The van der Waals surface area contributed by atoms with Crippen LogP contribution >= 0.6 is 22.6 Å². The van der Waals surface area contributed by atoms with E-state index in [9.17, 15) is 4.79 Å². The summed E-state index contributed by atoms with van der Waals surface area (Å²) < 4.78 is 1.00. The largest absolute Gasteiger partial charge is 0.350 e. The summed E-state index contributed by atoms with van der Waals surface area (Å²) in [6.07, 6.45) is 1.61. The molecule has 0 heterocycles. The lowest BCUT2D eigenvalue weighted by Gasteiger charge is -2.15. The Kier molecular flexibility index (Phi) is 5.53. The monoisotopic (exact) mass is 281 g/mol. The first-order valence-electron chi connectivity index (χ1n) is 4.07. The van der Waals surface area contributed by atoms with Crippen molar-refractivity contribution in [1.29, 1.82) is 0 Å². The third-order valence-corrected chi connectivity index (χ3v) is 2.01. The summed E-state index contributed by atoms with van der Waals surface area (Å²) in [6.45, 7) is 8.09. The molecule has 0 aromatic carbocycles. The lowest BCUT2D eigenvalue weighted by atomic mass is 10.1. The summed E-state index contributed by atoms with van der Waals surface area (Å²) in [5.41, 5.74) is 0. The second-order valence-corrected chi connectivity index (χ2v) is 4.97. The van der Waals surface area contributed by atoms with Gasteiger partial charge in [-0.1, -0.05) is 13.8 Å². The predicted octanol–water partition coefficient (Wildman–Crippen LogP) is 2.49. The van der Waals surface area contributed by atoms with Crippen LogP contribution in [0.5, 0.6) is 0 Å². The number of nitrogens with one attached hydrogen (secondary N) is 1. The Hall–Kier alpha value is -0.0600. The standard InChI is InChI=1S/C9H16INO/c1-6(2)8(4)11-9(12)5-7(3)10/h5-6,8H,1-4H3,(H,11,12)/b7-5-. The van der Waals surface area contributed by atoms with Crippen LogP contribution in [0.1, 0.15) is 27.7 Å². The van der Waals surface area contributed by atoms with E-state index in [0.29, 0.717) is 5.92 Å². The van der Waals surface area contributed by atoms with Crippen molar-refractivity contribution in [1.82, 2.24) is 5.32 Å². The molecule has 0 spiro atoms. The molecule has 12 heavy (non-hydrogen) atoms. The smallest absolute Gasteiger partial charge is 0.244 e. The van der Waals surface area contributed by atoms with Crippen molar-refractivity contribution in [3.63, 3.8) is 0 Å². The van der Waals surface area contributed by atoms with Crippen molar-refractivity contribution in [2.75, 3.05) is 0 Å². The number of carbonyl (C=O) groups is 1. The van der Waals surface area contributed by atoms with Gasteiger partial charge in [-0.3, -0.25) is 4.79 Å². The zero-order valence-electron chi connectivity index (χ0n) is 8.02. The molecule has 0 aliphatic carbocycles. The van der Waals surface area contributed by atoms with Crippen molar-refractivity contribution >= 4 is 28.5 Å². The number of amides is 1. The Labute approximate surface area is 87.9 Å². The molecule has 1 N–H and O–H groups in total. The van der Waals surface area contributed by atoms with Gasteiger partial charge in [-0.25, -0.2) is 0 Å². The molecule has 0 fully saturated rings. The molecule has 2 nitrogen and oxygen atoms in total. The molecule has 0 radical (unpaired) electrons. The van der Waals surface area contributed by atoms with Crippen LogP contribution in [0.4, 0.5) is 0 Å². The molecular formula is C9H16INO. The van der Waals surface area contributed by atoms with Gasteiger partial charge in [0, 0.05) is 12.1 Å². The van der Waals surface area contributed by atoms with Gasteiger partial charge in [0.15, 0.2) is 0 Å². The highest BCUT2D eigenvalue weighted by atomic mass is 127. The van der Waals surface area contributed by atoms with Crippen LogP contribution in [0.2, 0.25) is 0 Å². The van der Waals surface area contributed by atoms with Gasteiger partial charge in [0.2, 0.25) is 5.91 Å². The highest BCUT2D eigenvalue weighted by Crippen LogP contribution is 2.03. The molecule has 0 aliphatic heterocycles. The Morgan fingerprint density at radius 3 is 2.25 bits per heavy atom. The minimum atomic E-state index is 0.00287. The van der Waals surface area contributed by atoms with E-state index < -0.39 is 0 Å². The van der Waals surface area contributed by atoms with Gasteiger partial charge in [0.05, 0.1) is 0 Å². The molecule has 0 saturated carbocycles. The minimum Gasteiger partial charge on any atom is -0.350 e. The SMILES string of the molecule is C/C(I)=C/C(=O)NC(C)C(C)C. The molecule has 0 aliphatic rings. The molecule has 1 unspecified atom stereocenters.